The van der Waals surface area contributed by atoms with E-state index in [1.54, 1.807) is 13.0 Å². The van der Waals surface area contributed by atoms with Gasteiger partial charge in [0.05, 0.1) is 17.1 Å². The average molecular weight is 280 g/mol. The predicted octanol–water partition coefficient (Wildman–Crippen LogP) is 3.56. The molecule has 2 aromatic carbocycles. The van der Waals surface area contributed by atoms with E-state index < -0.39 is 28.0 Å². The van der Waals surface area contributed by atoms with Gasteiger partial charge in [-0.2, -0.15) is 0 Å². The molecule has 0 saturated carbocycles. The van der Waals surface area contributed by atoms with Gasteiger partial charge in [-0.1, -0.05) is 0 Å². The van der Waals surface area contributed by atoms with Gasteiger partial charge in [0.15, 0.2) is 17.4 Å². The Morgan fingerprint density at radius 1 is 1.20 bits per heavy atom. The molecule has 104 valence electrons. The Morgan fingerprint density at radius 3 is 2.30 bits per heavy atom. The number of hydrogen-bond donors (Lipinski definition) is 1. The maximum Gasteiger partial charge on any atom is 0.275 e. The molecule has 0 fully saturated rings. The monoisotopic (exact) mass is 280 g/mol. The maximum atomic E-state index is 13.7. The van der Waals surface area contributed by atoms with Gasteiger partial charge < -0.3 is 10.5 Å². The molecule has 0 aliphatic heterocycles. The SMILES string of the molecule is Cc1cc(N)ccc1Oc1c(F)cc([N+](=O)[O-])cc1F. The number of anilines is 1. The number of nitro groups is 1. The summed E-state index contributed by atoms with van der Waals surface area (Å²) in [4.78, 5) is 9.60. The van der Waals surface area contributed by atoms with Crippen molar-refractivity contribution in [3.63, 3.8) is 0 Å². The molecule has 5 nitrogen and oxygen atoms in total. The Labute approximate surface area is 112 Å². The molecule has 2 aromatic rings. The van der Waals surface area contributed by atoms with E-state index in [2.05, 4.69) is 0 Å². The van der Waals surface area contributed by atoms with Crippen molar-refractivity contribution in [3.05, 3.63) is 57.6 Å². The van der Waals surface area contributed by atoms with E-state index >= 15 is 0 Å². The number of nitrogens with two attached hydrogens (primary N) is 1. The first-order valence-corrected chi connectivity index (χ1v) is 5.56. The Hall–Kier alpha value is -2.70. The van der Waals surface area contributed by atoms with E-state index in [0.29, 0.717) is 23.4 Å². The van der Waals surface area contributed by atoms with Gasteiger partial charge in [0.1, 0.15) is 5.75 Å². The van der Waals surface area contributed by atoms with Gasteiger partial charge in [-0.15, -0.1) is 0 Å². The Bertz CT molecular complexity index is 666. The molecular formula is C13H10F2N2O3. The van der Waals surface area contributed by atoms with E-state index in [-0.39, 0.29) is 5.75 Å². The Balaban J connectivity index is 2.41. The minimum atomic E-state index is -1.15. The van der Waals surface area contributed by atoms with Crippen molar-refractivity contribution in [2.45, 2.75) is 6.92 Å². The van der Waals surface area contributed by atoms with Crippen LogP contribution in [0.4, 0.5) is 20.2 Å². The molecule has 0 aliphatic carbocycles. The normalized spacial score (nSPS) is 10.3. The number of ether oxygens (including phenoxy) is 1. The lowest BCUT2D eigenvalue weighted by Gasteiger charge is -2.10. The summed E-state index contributed by atoms with van der Waals surface area (Å²) in [6.07, 6.45) is 0. The molecule has 0 bridgehead atoms. The van der Waals surface area contributed by atoms with Gasteiger partial charge in [-0.3, -0.25) is 10.1 Å². The predicted molar refractivity (Wildman–Crippen MR) is 68.7 cm³/mol. The van der Waals surface area contributed by atoms with E-state index in [1.807, 2.05) is 0 Å². The third kappa shape index (κ3) is 2.66. The fourth-order valence-electron chi connectivity index (χ4n) is 1.65. The minimum absolute atomic E-state index is 0.214. The number of aryl methyl sites for hydroxylation is 1. The van der Waals surface area contributed by atoms with Crippen molar-refractivity contribution < 1.29 is 18.4 Å². The van der Waals surface area contributed by atoms with Crippen molar-refractivity contribution in [1.29, 1.82) is 0 Å². The zero-order chi connectivity index (χ0) is 14.9. The summed E-state index contributed by atoms with van der Waals surface area (Å²) in [6, 6.07) is 5.77. The lowest BCUT2D eigenvalue weighted by molar-refractivity contribution is -0.385. The van der Waals surface area contributed by atoms with Crippen molar-refractivity contribution in [3.8, 4) is 11.5 Å². The van der Waals surface area contributed by atoms with E-state index in [0.717, 1.165) is 0 Å². The molecule has 20 heavy (non-hydrogen) atoms. The number of non-ortho nitro benzene ring substituents is 1. The average Bonchev–Trinajstić information content (AvgIpc) is 2.35. The minimum Gasteiger partial charge on any atom is -0.451 e. The fraction of sp³-hybridized carbons (Fsp3) is 0.0769. The van der Waals surface area contributed by atoms with Crippen molar-refractivity contribution in [2.24, 2.45) is 0 Å². The molecule has 0 aliphatic rings. The maximum absolute atomic E-state index is 13.7. The zero-order valence-corrected chi connectivity index (χ0v) is 10.4. The topological polar surface area (TPSA) is 78.4 Å². The standard InChI is InChI=1S/C13H10F2N2O3/c1-7-4-8(16)2-3-12(7)20-13-10(14)5-9(17(18)19)6-11(13)15/h2-6H,16H2,1H3. The quantitative estimate of drug-likeness (QED) is 0.529. The van der Waals surface area contributed by atoms with Crippen LogP contribution in [0.2, 0.25) is 0 Å². The highest BCUT2D eigenvalue weighted by molar-refractivity contribution is 5.49. The fourth-order valence-corrected chi connectivity index (χ4v) is 1.65. The highest BCUT2D eigenvalue weighted by Crippen LogP contribution is 2.32. The van der Waals surface area contributed by atoms with E-state index in [1.165, 1.54) is 12.1 Å². The molecule has 0 atom stereocenters. The van der Waals surface area contributed by atoms with Crippen molar-refractivity contribution in [1.82, 2.24) is 0 Å². The first-order valence-electron chi connectivity index (χ1n) is 5.56. The van der Waals surface area contributed by atoms with E-state index in [4.69, 9.17) is 10.5 Å². The summed E-state index contributed by atoms with van der Waals surface area (Å²) < 4.78 is 32.5. The number of nitrogen functional groups attached to an aromatic ring is 1. The number of benzene rings is 2. The first-order chi connectivity index (χ1) is 9.38. The Kier molecular flexibility index (Phi) is 3.51. The Morgan fingerprint density at radius 2 is 1.80 bits per heavy atom. The van der Waals surface area contributed by atoms with Gasteiger partial charge in [0.2, 0.25) is 0 Å². The largest absolute Gasteiger partial charge is 0.451 e. The second-order valence-corrected chi connectivity index (χ2v) is 4.12. The number of rotatable bonds is 3. The molecule has 7 heteroatoms. The third-order valence-electron chi connectivity index (χ3n) is 2.60. The van der Waals surface area contributed by atoms with Crippen LogP contribution in [0.1, 0.15) is 5.56 Å². The number of nitro benzene ring substituents is 1. The van der Waals surface area contributed by atoms with Gasteiger partial charge in [-0.05, 0) is 30.7 Å². The van der Waals surface area contributed by atoms with Gasteiger partial charge in [-0.25, -0.2) is 8.78 Å². The lowest BCUT2D eigenvalue weighted by Crippen LogP contribution is -1.98. The van der Waals surface area contributed by atoms with Crippen LogP contribution in [0.25, 0.3) is 0 Å². The van der Waals surface area contributed by atoms with Crippen LogP contribution in [-0.4, -0.2) is 4.92 Å². The van der Waals surface area contributed by atoms with Crippen LogP contribution in [0.15, 0.2) is 30.3 Å². The van der Waals surface area contributed by atoms with Gasteiger partial charge >= 0.3 is 0 Å². The summed E-state index contributed by atoms with van der Waals surface area (Å²) >= 11 is 0. The van der Waals surface area contributed by atoms with Gasteiger partial charge in [0, 0.05) is 5.69 Å². The first kappa shape index (κ1) is 13.7. The summed E-state index contributed by atoms with van der Waals surface area (Å²) in [7, 11) is 0. The van der Waals surface area contributed by atoms with Crippen LogP contribution < -0.4 is 10.5 Å². The molecular weight excluding hydrogens is 270 g/mol. The number of nitrogens with zero attached hydrogens (tertiary/aromatic N) is 1. The second-order valence-electron chi connectivity index (χ2n) is 4.12. The zero-order valence-electron chi connectivity index (χ0n) is 10.4. The van der Waals surface area contributed by atoms with Crippen LogP contribution >= 0.6 is 0 Å². The van der Waals surface area contributed by atoms with Crippen molar-refractivity contribution >= 4 is 11.4 Å². The number of hydrogen-bond acceptors (Lipinski definition) is 4. The molecule has 0 radical (unpaired) electrons. The number of halogens is 2. The highest BCUT2D eigenvalue weighted by Gasteiger charge is 2.19. The summed E-state index contributed by atoms with van der Waals surface area (Å²) in [5, 5.41) is 10.5. The molecule has 2 rings (SSSR count). The highest BCUT2D eigenvalue weighted by atomic mass is 19.1. The lowest BCUT2D eigenvalue weighted by atomic mass is 10.2. The van der Waals surface area contributed by atoms with Crippen LogP contribution in [-0.2, 0) is 0 Å². The molecule has 0 saturated heterocycles. The molecule has 0 spiro atoms. The summed E-state index contributed by atoms with van der Waals surface area (Å²) in [5.41, 5.74) is 5.95. The summed E-state index contributed by atoms with van der Waals surface area (Å²) in [5.74, 6) is -2.77. The molecule has 0 aromatic heterocycles. The van der Waals surface area contributed by atoms with E-state index in [9.17, 15) is 18.9 Å². The van der Waals surface area contributed by atoms with Gasteiger partial charge in [0.25, 0.3) is 5.69 Å². The van der Waals surface area contributed by atoms with Crippen LogP contribution in [0.3, 0.4) is 0 Å². The molecule has 2 N–H and O–H groups in total. The van der Waals surface area contributed by atoms with Crippen LogP contribution in [0, 0.1) is 28.7 Å². The smallest absolute Gasteiger partial charge is 0.275 e. The summed E-state index contributed by atoms with van der Waals surface area (Å²) in [6.45, 7) is 1.66. The molecule has 0 amide bonds. The second kappa shape index (κ2) is 5.12. The van der Waals surface area contributed by atoms with Crippen LogP contribution in [0.5, 0.6) is 11.5 Å². The van der Waals surface area contributed by atoms with Crippen molar-refractivity contribution in [2.75, 3.05) is 5.73 Å². The molecule has 0 heterocycles. The molecule has 0 unspecified atom stereocenters. The third-order valence-corrected chi connectivity index (χ3v) is 2.60.